The fourth-order valence-corrected chi connectivity index (χ4v) is 2.90. The summed E-state index contributed by atoms with van der Waals surface area (Å²) in [7, 11) is -0.438. The highest BCUT2D eigenvalue weighted by Gasteiger charge is 2.21. The molecule has 1 aliphatic rings. The third kappa shape index (κ3) is 1.89. The minimum atomic E-state index is -0.438. The van der Waals surface area contributed by atoms with Gasteiger partial charge in [-0.2, -0.15) is 0 Å². The lowest BCUT2D eigenvalue weighted by Crippen LogP contribution is -2.28. The average molecular weight is 207 g/mol. The quantitative estimate of drug-likeness (QED) is 0.687. The monoisotopic (exact) mass is 207 g/mol. The second-order valence-corrected chi connectivity index (χ2v) is 6.20. The zero-order valence-electron chi connectivity index (χ0n) is 8.62. The van der Waals surface area contributed by atoms with Gasteiger partial charge in [0.1, 0.15) is 0 Å². The van der Waals surface area contributed by atoms with E-state index < -0.39 is 8.80 Å². The third-order valence-electron chi connectivity index (χ3n) is 2.38. The second kappa shape index (κ2) is 4.25. The summed E-state index contributed by atoms with van der Waals surface area (Å²) in [6, 6.07) is 8.44. The number of rotatable bonds is 2. The van der Waals surface area contributed by atoms with Gasteiger partial charge in [0.05, 0.1) is 22.0 Å². The molecule has 0 aliphatic carbocycles. The van der Waals surface area contributed by atoms with E-state index in [0.717, 1.165) is 0 Å². The predicted octanol–water partition coefficient (Wildman–Crippen LogP) is 1.69. The Bertz CT molecular complexity index is 306. The Hall–Kier alpha value is -0.643. The molecule has 3 heteroatoms. The van der Waals surface area contributed by atoms with Crippen LogP contribution >= 0.6 is 0 Å². The van der Waals surface area contributed by atoms with E-state index in [1.54, 1.807) is 0 Å². The van der Waals surface area contributed by atoms with E-state index in [1.807, 2.05) is 0 Å². The van der Waals surface area contributed by atoms with Crippen molar-refractivity contribution in [3.05, 3.63) is 29.8 Å². The molecule has 0 unspecified atom stereocenters. The first kappa shape index (κ1) is 9.89. The zero-order valence-corrected chi connectivity index (χ0v) is 9.62. The maximum atomic E-state index is 5.52. The minimum Gasteiger partial charge on any atom is -0.346 e. The van der Waals surface area contributed by atoms with Crippen molar-refractivity contribution in [2.24, 2.45) is 0 Å². The van der Waals surface area contributed by atoms with Crippen molar-refractivity contribution in [2.45, 2.75) is 19.4 Å². The fraction of sp³-hybridized carbons (Fsp3) is 0.455. The van der Waals surface area contributed by atoms with Crippen LogP contribution in [0.15, 0.2) is 24.3 Å². The van der Waals surface area contributed by atoms with E-state index in [9.17, 15) is 0 Å². The maximum absolute atomic E-state index is 5.52. The summed E-state index contributed by atoms with van der Waals surface area (Å²) in [6.07, 6.45) is -0.119. The van der Waals surface area contributed by atoms with Crippen LogP contribution in [0.5, 0.6) is 0 Å². The number of ether oxygens (including phenoxy) is 2. The maximum Gasteiger partial charge on any atom is 0.183 e. The summed E-state index contributed by atoms with van der Waals surface area (Å²) >= 11 is 0. The van der Waals surface area contributed by atoms with Crippen molar-refractivity contribution >= 4 is 14.0 Å². The van der Waals surface area contributed by atoms with Crippen molar-refractivity contribution < 1.29 is 9.47 Å². The molecule has 1 aliphatic heterocycles. The van der Waals surface area contributed by atoms with Crippen LogP contribution in [0.4, 0.5) is 0 Å². The molecule has 14 heavy (non-hydrogen) atoms. The van der Waals surface area contributed by atoms with Gasteiger partial charge in [0.25, 0.3) is 0 Å². The highest BCUT2D eigenvalue weighted by atomic mass is 28.3. The smallest absolute Gasteiger partial charge is 0.183 e. The molecule has 0 spiro atoms. The summed E-state index contributed by atoms with van der Waals surface area (Å²) in [6.45, 7) is 6.01. The van der Waals surface area contributed by atoms with Gasteiger partial charge in [0.15, 0.2) is 6.29 Å². The average Bonchev–Trinajstić information content (AvgIpc) is 2.70. The molecule has 1 radical (unpaired) electrons. The molecule has 2 rings (SSSR count). The van der Waals surface area contributed by atoms with Gasteiger partial charge in [-0.05, 0) is 0 Å². The number of hydrogen-bond donors (Lipinski definition) is 0. The molecule has 2 nitrogen and oxygen atoms in total. The van der Waals surface area contributed by atoms with Gasteiger partial charge in [-0.25, -0.2) is 0 Å². The van der Waals surface area contributed by atoms with Crippen LogP contribution in [0.3, 0.4) is 0 Å². The Morgan fingerprint density at radius 2 is 1.79 bits per heavy atom. The second-order valence-electron chi connectivity index (χ2n) is 3.66. The van der Waals surface area contributed by atoms with Gasteiger partial charge in [0.2, 0.25) is 0 Å². The summed E-state index contributed by atoms with van der Waals surface area (Å²) in [5, 5.41) is 1.42. The predicted molar refractivity (Wildman–Crippen MR) is 58.2 cm³/mol. The molecule has 1 fully saturated rings. The van der Waals surface area contributed by atoms with Gasteiger partial charge in [0, 0.05) is 5.56 Å². The van der Waals surface area contributed by atoms with Crippen LogP contribution in [0, 0.1) is 0 Å². The Morgan fingerprint density at radius 1 is 1.14 bits per heavy atom. The van der Waals surface area contributed by atoms with Crippen LogP contribution in [0.25, 0.3) is 0 Å². The fourth-order valence-electron chi connectivity index (χ4n) is 1.70. The van der Waals surface area contributed by atoms with E-state index in [0.29, 0.717) is 13.2 Å². The van der Waals surface area contributed by atoms with E-state index >= 15 is 0 Å². The molecule has 0 atom stereocenters. The molecular weight excluding hydrogens is 192 g/mol. The molecule has 75 valence electrons. The number of benzene rings is 1. The van der Waals surface area contributed by atoms with E-state index in [1.165, 1.54) is 10.8 Å². The highest BCUT2D eigenvalue weighted by molar-refractivity contribution is 6.71. The molecule has 0 bridgehead atoms. The zero-order chi connectivity index (χ0) is 9.97. The molecule has 0 saturated carbocycles. The minimum absolute atomic E-state index is 0.119. The van der Waals surface area contributed by atoms with Gasteiger partial charge in [-0.3, -0.25) is 0 Å². The van der Waals surface area contributed by atoms with Crippen LogP contribution in [-0.2, 0) is 9.47 Å². The molecule has 1 aromatic rings. The summed E-state index contributed by atoms with van der Waals surface area (Å²) < 4.78 is 11.0. The Kier molecular flexibility index (Phi) is 3.01. The van der Waals surface area contributed by atoms with Gasteiger partial charge >= 0.3 is 0 Å². The molecule has 0 N–H and O–H groups in total. The van der Waals surface area contributed by atoms with E-state index in [2.05, 4.69) is 37.4 Å². The molecular formula is C11H15O2Si. The van der Waals surface area contributed by atoms with E-state index in [-0.39, 0.29) is 6.29 Å². The molecule has 1 heterocycles. The number of hydrogen-bond acceptors (Lipinski definition) is 2. The van der Waals surface area contributed by atoms with Crippen LogP contribution in [-0.4, -0.2) is 22.0 Å². The lowest BCUT2D eigenvalue weighted by molar-refractivity contribution is -0.0433. The van der Waals surface area contributed by atoms with Crippen molar-refractivity contribution in [1.29, 1.82) is 0 Å². The first-order valence-corrected chi connectivity index (χ1v) is 7.41. The van der Waals surface area contributed by atoms with Crippen LogP contribution in [0.2, 0.25) is 13.1 Å². The lowest BCUT2D eigenvalue weighted by Gasteiger charge is -2.15. The van der Waals surface area contributed by atoms with Gasteiger partial charge < -0.3 is 9.47 Å². The Balaban J connectivity index is 2.30. The molecule has 1 saturated heterocycles. The molecule has 0 amide bonds. The highest BCUT2D eigenvalue weighted by Crippen LogP contribution is 2.21. The topological polar surface area (TPSA) is 18.5 Å². The third-order valence-corrected chi connectivity index (χ3v) is 3.91. The lowest BCUT2D eigenvalue weighted by atomic mass is 10.2. The largest absolute Gasteiger partial charge is 0.346 e. The molecule has 1 aromatic carbocycles. The Morgan fingerprint density at radius 3 is 2.43 bits per heavy atom. The normalized spacial score (nSPS) is 17.9. The summed E-state index contributed by atoms with van der Waals surface area (Å²) in [4.78, 5) is 0. The van der Waals surface area contributed by atoms with Crippen molar-refractivity contribution in [1.82, 2.24) is 0 Å². The summed E-state index contributed by atoms with van der Waals surface area (Å²) in [5.74, 6) is 0. The van der Waals surface area contributed by atoms with Crippen LogP contribution < -0.4 is 5.19 Å². The van der Waals surface area contributed by atoms with Crippen molar-refractivity contribution in [3.8, 4) is 0 Å². The molecule has 0 aromatic heterocycles. The van der Waals surface area contributed by atoms with Crippen molar-refractivity contribution in [2.75, 3.05) is 13.2 Å². The Labute approximate surface area is 86.5 Å². The first-order chi connectivity index (χ1) is 6.79. The van der Waals surface area contributed by atoms with Crippen molar-refractivity contribution in [3.63, 3.8) is 0 Å². The first-order valence-electron chi connectivity index (χ1n) is 4.91. The standard InChI is InChI=1S/C11H15O2Si/c1-14(2)10-6-4-3-5-9(10)11-12-7-8-13-11/h3-6,11H,7-8H2,1-2H3. The van der Waals surface area contributed by atoms with Gasteiger partial charge in [-0.1, -0.05) is 42.5 Å². The van der Waals surface area contributed by atoms with Crippen LogP contribution in [0.1, 0.15) is 11.9 Å². The van der Waals surface area contributed by atoms with Gasteiger partial charge in [-0.15, -0.1) is 0 Å². The SMILES string of the molecule is C[Si](C)c1ccccc1C1OCCO1. The van der Waals surface area contributed by atoms with E-state index in [4.69, 9.17) is 9.47 Å². The summed E-state index contributed by atoms with van der Waals surface area (Å²) in [5.41, 5.74) is 1.23.